The maximum Gasteiger partial charge on any atom is 0.244 e. The molecule has 6 heteroatoms. The molecule has 1 aromatic carbocycles. The van der Waals surface area contributed by atoms with E-state index in [1.807, 2.05) is 0 Å². The van der Waals surface area contributed by atoms with Gasteiger partial charge in [-0.1, -0.05) is 22.9 Å². The Morgan fingerprint density at radius 3 is 2.53 bits per heavy atom. The Bertz CT molecular complexity index is 459. The van der Waals surface area contributed by atoms with Crippen LogP contribution in [0.1, 0.15) is 6.92 Å². The predicted octanol–water partition coefficient (Wildman–Crippen LogP) is 1.67. The quantitative estimate of drug-likeness (QED) is 0.862. The van der Waals surface area contributed by atoms with E-state index in [-0.39, 0.29) is 10.6 Å². The van der Waals surface area contributed by atoms with Gasteiger partial charge in [0.1, 0.15) is 4.90 Å². The van der Waals surface area contributed by atoms with Crippen molar-refractivity contribution in [2.24, 2.45) is 0 Å². The fourth-order valence-corrected chi connectivity index (χ4v) is 2.74. The molecule has 0 radical (unpaired) electrons. The molecular weight excluding hydrogens is 280 g/mol. The number of hydrogen-bond acceptors (Lipinski definition) is 3. The topological polar surface area (TPSA) is 63.4 Å². The number of nitrogen functional groups attached to an aromatic ring is 1. The number of hydrogen-bond donors (Lipinski definition) is 1. The minimum Gasteiger partial charge on any atom is -0.398 e. The van der Waals surface area contributed by atoms with Crippen LogP contribution in [-0.4, -0.2) is 26.3 Å². The molecule has 4 nitrogen and oxygen atoms in total. The largest absolute Gasteiger partial charge is 0.398 e. The Balaban J connectivity index is 3.28. The Hall–Kier alpha value is -0.590. The SMILES string of the molecule is CCN(C)S(=O)(=O)c1ccc(Br)cc1N. The molecule has 0 aliphatic rings. The predicted molar refractivity (Wildman–Crippen MR) is 64.0 cm³/mol. The molecule has 0 aliphatic carbocycles. The van der Waals surface area contributed by atoms with Crippen LogP contribution in [0.15, 0.2) is 27.6 Å². The van der Waals surface area contributed by atoms with E-state index < -0.39 is 10.0 Å². The highest BCUT2D eigenvalue weighted by atomic mass is 79.9. The van der Waals surface area contributed by atoms with Gasteiger partial charge in [-0.3, -0.25) is 0 Å². The molecule has 0 saturated carbocycles. The smallest absolute Gasteiger partial charge is 0.244 e. The van der Waals surface area contributed by atoms with Crippen molar-refractivity contribution in [1.29, 1.82) is 0 Å². The van der Waals surface area contributed by atoms with Gasteiger partial charge in [-0.2, -0.15) is 0 Å². The van der Waals surface area contributed by atoms with Crippen molar-refractivity contribution in [1.82, 2.24) is 4.31 Å². The zero-order valence-corrected chi connectivity index (χ0v) is 11.0. The Labute approximate surface area is 98.3 Å². The van der Waals surface area contributed by atoms with Crippen LogP contribution < -0.4 is 5.73 Å². The molecule has 1 aromatic rings. The van der Waals surface area contributed by atoms with E-state index in [4.69, 9.17) is 5.73 Å². The minimum atomic E-state index is -3.45. The van der Waals surface area contributed by atoms with Crippen molar-refractivity contribution >= 4 is 31.6 Å². The van der Waals surface area contributed by atoms with Gasteiger partial charge in [0.15, 0.2) is 0 Å². The van der Waals surface area contributed by atoms with Crippen LogP contribution in [0.5, 0.6) is 0 Å². The molecule has 0 aromatic heterocycles. The van der Waals surface area contributed by atoms with Crippen LogP contribution in [-0.2, 0) is 10.0 Å². The Kier molecular flexibility index (Phi) is 3.75. The summed E-state index contributed by atoms with van der Waals surface area (Å²) in [6.45, 7) is 2.18. The lowest BCUT2D eigenvalue weighted by Gasteiger charge is -2.16. The van der Waals surface area contributed by atoms with Gasteiger partial charge in [0.05, 0.1) is 5.69 Å². The summed E-state index contributed by atoms with van der Waals surface area (Å²) in [6, 6.07) is 4.74. The van der Waals surface area contributed by atoms with Crippen LogP contribution in [0.25, 0.3) is 0 Å². The fourth-order valence-electron chi connectivity index (χ4n) is 1.09. The molecule has 1 rings (SSSR count). The monoisotopic (exact) mass is 292 g/mol. The van der Waals surface area contributed by atoms with Gasteiger partial charge < -0.3 is 5.73 Å². The number of nitrogens with two attached hydrogens (primary N) is 1. The van der Waals surface area contributed by atoms with E-state index in [2.05, 4.69) is 15.9 Å². The zero-order valence-electron chi connectivity index (χ0n) is 8.57. The van der Waals surface area contributed by atoms with E-state index >= 15 is 0 Å². The lowest BCUT2D eigenvalue weighted by atomic mass is 10.3. The van der Waals surface area contributed by atoms with Gasteiger partial charge >= 0.3 is 0 Å². The van der Waals surface area contributed by atoms with Gasteiger partial charge in [-0.05, 0) is 18.2 Å². The van der Waals surface area contributed by atoms with Crippen molar-refractivity contribution in [3.8, 4) is 0 Å². The molecule has 15 heavy (non-hydrogen) atoms. The third kappa shape index (κ3) is 2.50. The molecule has 84 valence electrons. The number of rotatable bonds is 3. The highest BCUT2D eigenvalue weighted by Gasteiger charge is 2.21. The van der Waals surface area contributed by atoms with Gasteiger partial charge in [0.25, 0.3) is 0 Å². The summed E-state index contributed by atoms with van der Waals surface area (Å²) in [6.07, 6.45) is 0. The maximum absolute atomic E-state index is 11.9. The molecule has 2 N–H and O–H groups in total. The van der Waals surface area contributed by atoms with Gasteiger partial charge in [0, 0.05) is 18.1 Å². The van der Waals surface area contributed by atoms with Crippen LogP contribution in [0.2, 0.25) is 0 Å². The summed E-state index contributed by atoms with van der Waals surface area (Å²) in [5.74, 6) is 0. The molecule has 0 saturated heterocycles. The van der Waals surface area contributed by atoms with Crippen LogP contribution in [0, 0.1) is 0 Å². The average molecular weight is 293 g/mol. The second-order valence-electron chi connectivity index (χ2n) is 3.10. The van der Waals surface area contributed by atoms with Crippen molar-refractivity contribution in [3.63, 3.8) is 0 Å². The summed E-state index contributed by atoms with van der Waals surface area (Å²) in [5, 5.41) is 0. The fraction of sp³-hybridized carbons (Fsp3) is 0.333. The molecule has 0 atom stereocenters. The highest BCUT2D eigenvalue weighted by molar-refractivity contribution is 9.10. The molecule has 0 unspecified atom stereocenters. The molecule has 0 fully saturated rings. The number of nitrogens with zero attached hydrogens (tertiary/aromatic N) is 1. The number of halogens is 1. The first-order valence-corrected chi connectivity index (χ1v) is 6.64. The van der Waals surface area contributed by atoms with E-state index in [9.17, 15) is 8.42 Å². The van der Waals surface area contributed by atoms with E-state index in [1.54, 1.807) is 19.1 Å². The lowest BCUT2D eigenvalue weighted by Crippen LogP contribution is -2.27. The van der Waals surface area contributed by atoms with E-state index in [1.165, 1.54) is 17.4 Å². The van der Waals surface area contributed by atoms with Crippen LogP contribution >= 0.6 is 15.9 Å². The highest BCUT2D eigenvalue weighted by Crippen LogP contribution is 2.24. The molecular formula is C9H13BrN2O2S. The molecule has 0 spiro atoms. The molecule has 0 heterocycles. The van der Waals surface area contributed by atoms with Crippen molar-refractivity contribution in [3.05, 3.63) is 22.7 Å². The molecule has 0 amide bonds. The second kappa shape index (κ2) is 4.51. The van der Waals surface area contributed by atoms with E-state index in [0.717, 1.165) is 4.47 Å². The minimum absolute atomic E-state index is 0.148. The third-order valence-corrected chi connectivity index (χ3v) is 4.61. The summed E-state index contributed by atoms with van der Waals surface area (Å²) in [5.41, 5.74) is 5.92. The van der Waals surface area contributed by atoms with Crippen molar-refractivity contribution < 1.29 is 8.42 Å². The average Bonchev–Trinajstić information content (AvgIpc) is 2.15. The summed E-state index contributed by atoms with van der Waals surface area (Å²) in [4.78, 5) is 0.148. The standard InChI is InChI=1S/C9H13BrN2O2S/c1-3-12(2)15(13,14)9-5-4-7(10)6-8(9)11/h4-6H,3,11H2,1-2H3. The van der Waals surface area contributed by atoms with Crippen LogP contribution in [0.4, 0.5) is 5.69 Å². The molecule has 0 bridgehead atoms. The van der Waals surface area contributed by atoms with Crippen molar-refractivity contribution in [2.45, 2.75) is 11.8 Å². The number of sulfonamides is 1. The van der Waals surface area contributed by atoms with Crippen LogP contribution in [0.3, 0.4) is 0 Å². The number of anilines is 1. The lowest BCUT2D eigenvalue weighted by molar-refractivity contribution is 0.487. The summed E-state index contributed by atoms with van der Waals surface area (Å²) >= 11 is 3.23. The van der Waals surface area contributed by atoms with Gasteiger partial charge in [-0.15, -0.1) is 0 Å². The number of benzene rings is 1. The summed E-state index contributed by atoms with van der Waals surface area (Å²) in [7, 11) is -1.92. The Morgan fingerprint density at radius 1 is 1.47 bits per heavy atom. The van der Waals surface area contributed by atoms with Gasteiger partial charge in [-0.25, -0.2) is 12.7 Å². The first kappa shape index (κ1) is 12.5. The Morgan fingerprint density at radius 2 is 2.07 bits per heavy atom. The summed E-state index contributed by atoms with van der Waals surface area (Å²) < 4.78 is 25.9. The maximum atomic E-state index is 11.9. The first-order valence-electron chi connectivity index (χ1n) is 4.41. The van der Waals surface area contributed by atoms with Crippen molar-refractivity contribution in [2.75, 3.05) is 19.3 Å². The van der Waals surface area contributed by atoms with E-state index in [0.29, 0.717) is 6.54 Å². The normalized spacial score (nSPS) is 12.0. The second-order valence-corrected chi connectivity index (χ2v) is 6.03. The van der Waals surface area contributed by atoms with Gasteiger partial charge in [0.2, 0.25) is 10.0 Å². The third-order valence-electron chi connectivity index (χ3n) is 2.11. The first-order chi connectivity index (χ1) is 6.89. The zero-order chi connectivity index (χ0) is 11.6. The molecule has 0 aliphatic heterocycles.